The van der Waals surface area contributed by atoms with Crippen LogP contribution in [0.3, 0.4) is 0 Å². The fraction of sp³-hybridized carbons (Fsp3) is 0.700. The molecule has 24 heavy (non-hydrogen) atoms. The fourth-order valence-electron chi connectivity index (χ4n) is 3.76. The molecule has 1 aromatic carbocycles. The Hall–Kier alpha value is -1.10. The van der Waals surface area contributed by atoms with Gasteiger partial charge in [-0.2, -0.15) is 0 Å². The van der Waals surface area contributed by atoms with E-state index in [1.807, 2.05) is 0 Å². The van der Waals surface area contributed by atoms with Gasteiger partial charge in [-0.25, -0.2) is 0 Å². The highest BCUT2D eigenvalue weighted by molar-refractivity contribution is 5.28. The maximum atomic E-state index is 9.77. The summed E-state index contributed by atoms with van der Waals surface area (Å²) < 4.78 is 5.98. The SMILES string of the molecule is O[C@@H]1CCCN(Cc2cccc(OCCN3CCCCC3)c2)CC1. The summed E-state index contributed by atoms with van der Waals surface area (Å²) in [4.78, 5) is 4.96. The molecule has 3 rings (SSSR count). The van der Waals surface area contributed by atoms with Crippen molar-refractivity contribution >= 4 is 0 Å². The maximum Gasteiger partial charge on any atom is 0.119 e. The summed E-state index contributed by atoms with van der Waals surface area (Å²) in [5, 5.41) is 9.77. The van der Waals surface area contributed by atoms with Crippen LogP contribution in [0.15, 0.2) is 24.3 Å². The molecule has 1 aromatic rings. The molecule has 2 aliphatic heterocycles. The zero-order chi connectivity index (χ0) is 16.6. The molecule has 1 atom stereocenters. The van der Waals surface area contributed by atoms with E-state index < -0.39 is 0 Å². The van der Waals surface area contributed by atoms with Gasteiger partial charge in [-0.15, -0.1) is 0 Å². The molecule has 2 fully saturated rings. The molecule has 0 aromatic heterocycles. The normalized spacial score (nSPS) is 23.8. The lowest BCUT2D eigenvalue weighted by molar-refractivity contribution is 0.154. The van der Waals surface area contributed by atoms with Crippen molar-refractivity contribution in [2.24, 2.45) is 0 Å². The number of benzene rings is 1. The molecule has 134 valence electrons. The third kappa shape index (κ3) is 5.76. The van der Waals surface area contributed by atoms with E-state index in [0.29, 0.717) is 0 Å². The minimum absolute atomic E-state index is 0.112. The van der Waals surface area contributed by atoms with Crippen molar-refractivity contribution < 1.29 is 9.84 Å². The molecule has 0 spiro atoms. The minimum atomic E-state index is -0.112. The van der Waals surface area contributed by atoms with Gasteiger partial charge in [0.15, 0.2) is 0 Å². The van der Waals surface area contributed by atoms with Crippen molar-refractivity contribution in [2.45, 2.75) is 51.2 Å². The lowest BCUT2D eigenvalue weighted by Gasteiger charge is -2.26. The van der Waals surface area contributed by atoms with Gasteiger partial charge in [0, 0.05) is 19.6 Å². The fourth-order valence-corrected chi connectivity index (χ4v) is 3.76. The smallest absolute Gasteiger partial charge is 0.119 e. The van der Waals surface area contributed by atoms with Crippen LogP contribution in [0.5, 0.6) is 5.75 Å². The zero-order valence-electron chi connectivity index (χ0n) is 14.8. The van der Waals surface area contributed by atoms with Gasteiger partial charge < -0.3 is 9.84 Å². The van der Waals surface area contributed by atoms with Gasteiger partial charge in [0.1, 0.15) is 12.4 Å². The molecule has 0 aliphatic carbocycles. The third-order valence-electron chi connectivity index (χ3n) is 5.22. The van der Waals surface area contributed by atoms with Crippen LogP contribution in [0.2, 0.25) is 0 Å². The summed E-state index contributed by atoms with van der Waals surface area (Å²) in [7, 11) is 0. The van der Waals surface area contributed by atoms with Gasteiger partial charge >= 0.3 is 0 Å². The van der Waals surface area contributed by atoms with Crippen molar-refractivity contribution in [2.75, 3.05) is 39.3 Å². The molecular formula is C20H32N2O2. The summed E-state index contributed by atoms with van der Waals surface area (Å²) in [5.41, 5.74) is 1.31. The lowest BCUT2D eigenvalue weighted by Crippen LogP contribution is -2.33. The molecule has 4 heteroatoms. The Kier molecular flexibility index (Phi) is 6.94. The van der Waals surface area contributed by atoms with Crippen molar-refractivity contribution in [3.05, 3.63) is 29.8 Å². The van der Waals surface area contributed by atoms with Gasteiger partial charge in [0.05, 0.1) is 6.10 Å². The summed E-state index contributed by atoms with van der Waals surface area (Å²) >= 11 is 0. The summed E-state index contributed by atoms with van der Waals surface area (Å²) in [6.07, 6.45) is 6.86. The number of hydrogen-bond acceptors (Lipinski definition) is 4. The van der Waals surface area contributed by atoms with Gasteiger partial charge in [0.2, 0.25) is 0 Å². The van der Waals surface area contributed by atoms with Crippen LogP contribution in [-0.2, 0) is 6.54 Å². The molecule has 0 bridgehead atoms. The molecule has 2 saturated heterocycles. The maximum absolute atomic E-state index is 9.77. The van der Waals surface area contributed by atoms with Crippen LogP contribution >= 0.6 is 0 Å². The highest BCUT2D eigenvalue weighted by Gasteiger charge is 2.15. The Morgan fingerprint density at radius 1 is 0.958 bits per heavy atom. The Bertz CT molecular complexity index is 488. The Morgan fingerprint density at radius 2 is 1.79 bits per heavy atom. The predicted octanol–water partition coefficient (Wildman–Crippen LogP) is 2.90. The van der Waals surface area contributed by atoms with Crippen LogP contribution in [0.25, 0.3) is 0 Å². The van der Waals surface area contributed by atoms with E-state index in [1.165, 1.54) is 37.9 Å². The summed E-state index contributed by atoms with van der Waals surface area (Å²) in [6.45, 7) is 7.29. The summed E-state index contributed by atoms with van der Waals surface area (Å²) in [5.74, 6) is 0.986. The number of aliphatic hydroxyl groups is 1. The molecule has 0 saturated carbocycles. The monoisotopic (exact) mass is 332 g/mol. The number of piperidine rings is 1. The van der Waals surface area contributed by atoms with Crippen molar-refractivity contribution in [3.63, 3.8) is 0 Å². The van der Waals surface area contributed by atoms with Crippen LogP contribution in [-0.4, -0.2) is 60.3 Å². The number of ether oxygens (including phenoxy) is 1. The molecule has 2 heterocycles. The van der Waals surface area contributed by atoms with E-state index in [1.54, 1.807) is 0 Å². The van der Waals surface area contributed by atoms with Crippen LogP contribution in [0.1, 0.15) is 44.1 Å². The number of rotatable bonds is 6. The van der Waals surface area contributed by atoms with Gasteiger partial charge in [-0.05, 0) is 69.4 Å². The quantitative estimate of drug-likeness (QED) is 0.869. The highest BCUT2D eigenvalue weighted by Crippen LogP contribution is 2.18. The molecule has 1 N–H and O–H groups in total. The molecule has 0 amide bonds. The zero-order valence-corrected chi connectivity index (χ0v) is 14.8. The van der Waals surface area contributed by atoms with E-state index in [9.17, 15) is 5.11 Å². The first-order valence-corrected chi connectivity index (χ1v) is 9.64. The highest BCUT2D eigenvalue weighted by atomic mass is 16.5. The largest absolute Gasteiger partial charge is 0.492 e. The Balaban J connectivity index is 1.44. The molecule has 4 nitrogen and oxygen atoms in total. The van der Waals surface area contributed by atoms with Crippen LogP contribution < -0.4 is 4.74 Å². The topological polar surface area (TPSA) is 35.9 Å². The van der Waals surface area contributed by atoms with Gasteiger partial charge in [-0.3, -0.25) is 9.80 Å². The van der Waals surface area contributed by atoms with E-state index in [4.69, 9.17) is 4.74 Å². The third-order valence-corrected chi connectivity index (χ3v) is 5.22. The van der Waals surface area contributed by atoms with E-state index in [-0.39, 0.29) is 6.10 Å². The van der Waals surface area contributed by atoms with Gasteiger partial charge in [-0.1, -0.05) is 18.6 Å². The number of nitrogens with zero attached hydrogens (tertiary/aromatic N) is 2. The first kappa shape index (κ1) is 17.7. The van der Waals surface area contributed by atoms with Gasteiger partial charge in [0.25, 0.3) is 0 Å². The molecular weight excluding hydrogens is 300 g/mol. The van der Waals surface area contributed by atoms with E-state index in [0.717, 1.165) is 57.8 Å². The number of hydrogen-bond donors (Lipinski definition) is 1. The van der Waals surface area contributed by atoms with E-state index >= 15 is 0 Å². The van der Waals surface area contributed by atoms with E-state index in [2.05, 4.69) is 34.1 Å². The standard InChI is InChI=1S/C20H32N2O2/c23-19-7-5-12-22(13-9-19)17-18-6-4-8-20(16-18)24-15-14-21-10-2-1-3-11-21/h4,6,8,16,19,23H,1-3,5,7,9-15,17H2/t19-/m1/s1. The minimum Gasteiger partial charge on any atom is -0.492 e. The van der Waals surface area contributed by atoms with Crippen LogP contribution in [0.4, 0.5) is 0 Å². The lowest BCUT2D eigenvalue weighted by atomic mass is 10.1. The molecule has 0 unspecified atom stereocenters. The average Bonchev–Trinajstić information content (AvgIpc) is 2.81. The van der Waals surface area contributed by atoms with Crippen molar-refractivity contribution in [3.8, 4) is 5.75 Å². The van der Waals surface area contributed by atoms with Crippen molar-refractivity contribution in [1.29, 1.82) is 0 Å². The number of aliphatic hydroxyl groups excluding tert-OH is 1. The van der Waals surface area contributed by atoms with Crippen molar-refractivity contribution in [1.82, 2.24) is 9.80 Å². The second kappa shape index (κ2) is 9.40. The second-order valence-corrected chi connectivity index (χ2v) is 7.26. The Labute approximate surface area is 146 Å². The first-order valence-electron chi connectivity index (χ1n) is 9.64. The second-order valence-electron chi connectivity index (χ2n) is 7.26. The summed E-state index contributed by atoms with van der Waals surface area (Å²) in [6, 6.07) is 8.51. The van der Waals surface area contributed by atoms with Crippen LogP contribution in [0, 0.1) is 0 Å². The average molecular weight is 332 g/mol. The predicted molar refractivity (Wildman–Crippen MR) is 97.4 cm³/mol. The molecule has 2 aliphatic rings. The molecule has 0 radical (unpaired) electrons. The number of likely N-dealkylation sites (tertiary alicyclic amines) is 2. The Morgan fingerprint density at radius 3 is 2.67 bits per heavy atom. The first-order chi connectivity index (χ1) is 11.8.